The van der Waals surface area contributed by atoms with Gasteiger partial charge in [-0.05, 0) is 18.9 Å². The molecule has 2 aromatic heterocycles. The van der Waals surface area contributed by atoms with Crippen molar-refractivity contribution in [2.24, 2.45) is 12.9 Å². The number of hydrazine groups is 1. The first-order valence-corrected chi connectivity index (χ1v) is 5.62. The second-order valence-corrected chi connectivity index (χ2v) is 4.29. The van der Waals surface area contributed by atoms with Crippen LogP contribution in [0.2, 0.25) is 0 Å². The summed E-state index contributed by atoms with van der Waals surface area (Å²) in [5, 5.41) is 4.30. The summed E-state index contributed by atoms with van der Waals surface area (Å²) in [6.45, 7) is 0. The molecule has 0 saturated heterocycles. The lowest BCUT2D eigenvalue weighted by atomic mass is 10.2. The SMILES string of the molecule is Cn1ccc(-c2nc(NN)cc(C3CC3)n2)n1. The van der Waals surface area contributed by atoms with E-state index in [1.165, 1.54) is 12.8 Å². The van der Waals surface area contributed by atoms with E-state index in [1.54, 1.807) is 4.68 Å². The van der Waals surface area contributed by atoms with E-state index < -0.39 is 0 Å². The average molecular weight is 230 g/mol. The van der Waals surface area contributed by atoms with E-state index >= 15 is 0 Å². The third-order valence-electron chi connectivity index (χ3n) is 2.83. The normalized spacial score (nSPS) is 14.9. The summed E-state index contributed by atoms with van der Waals surface area (Å²) < 4.78 is 1.73. The molecule has 1 saturated carbocycles. The number of aromatic nitrogens is 4. The highest BCUT2D eigenvalue weighted by Gasteiger charge is 2.26. The van der Waals surface area contributed by atoms with Crippen molar-refractivity contribution in [2.75, 3.05) is 5.43 Å². The molecule has 1 fully saturated rings. The van der Waals surface area contributed by atoms with E-state index in [0.717, 1.165) is 11.4 Å². The van der Waals surface area contributed by atoms with E-state index in [0.29, 0.717) is 17.6 Å². The van der Waals surface area contributed by atoms with Gasteiger partial charge >= 0.3 is 0 Å². The number of hydrogen-bond acceptors (Lipinski definition) is 5. The van der Waals surface area contributed by atoms with Gasteiger partial charge in [0.1, 0.15) is 11.5 Å². The van der Waals surface area contributed by atoms with Crippen LogP contribution in [-0.4, -0.2) is 19.7 Å². The lowest BCUT2D eigenvalue weighted by molar-refractivity contribution is 0.768. The molecule has 0 amide bonds. The number of nitrogens with one attached hydrogen (secondary N) is 1. The second kappa shape index (κ2) is 3.81. The zero-order valence-electron chi connectivity index (χ0n) is 9.59. The summed E-state index contributed by atoms with van der Waals surface area (Å²) in [5.41, 5.74) is 4.40. The monoisotopic (exact) mass is 230 g/mol. The van der Waals surface area contributed by atoms with Gasteiger partial charge in [0.15, 0.2) is 5.82 Å². The van der Waals surface area contributed by atoms with Crippen LogP contribution < -0.4 is 11.3 Å². The molecule has 0 radical (unpaired) electrons. The maximum atomic E-state index is 5.43. The molecule has 6 heteroatoms. The van der Waals surface area contributed by atoms with Crippen LogP contribution in [0, 0.1) is 0 Å². The van der Waals surface area contributed by atoms with Crippen LogP contribution in [0.25, 0.3) is 11.5 Å². The Balaban J connectivity index is 2.05. The molecule has 1 aliphatic carbocycles. The average Bonchev–Trinajstić information content (AvgIpc) is 3.11. The van der Waals surface area contributed by atoms with Crippen LogP contribution in [0.1, 0.15) is 24.5 Å². The summed E-state index contributed by atoms with van der Waals surface area (Å²) in [7, 11) is 1.87. The Bertz CT molecular complexity index is 543. The Morgan fingerprint density at radius 3 is 2.82 bits per heavy atom. The zero-order chi connectivity index (χ0) is 11.8. The summed E-state index contributed by atoms with van der Waals surface area (Å²) in [4.78, 5) is 8.87. The van der Waals surface area contributed by atoms with Crippen LogP contribution >= 0.6 is 0 Å². The molecule has 1 aliphatic rings. The maximum Gasteiger partial charge on any atom is 0.182 e. The predicted octanol–water partition coefficient (Wildman–Crippen LogP) is 1.04. The third kappa shape index (κ3) is 1.99. The van der Waals surface area contributed by atoms with Crippen molar-refractivity contribution in [3.8, 4) is 11.5 Å². The fourth-order valence-corrected chi connectivity index (χ4v) is 1.78. The molecule has 2 heterocycles. The van der Waals surface area contributed by atoms with Gasteiger partial charge in [0.05, 0.1) is 0 Å². The van der Waals surface area contributed by atoms with Gasteiger partial charge in [0.2, 0.25) is 0 Å². The molecule has 6 nitrogen and oxygen atoms in total. The number of aryl methyl sites for hydroxylation is 1. The van der Waals surface area contributed by atoms with Crippen molar-refractivity contribution in [1.29, 1.82) is 0 Å². The maximum absolute atomic E-state index is 5.43. The minimum absolute atomic E-state index is 0.563. The molecule has 0 bridgehead atoms. The van der Waals surface area contributed by atoms with E-state index in [2.05, 4.69) is 20.5 Å². The van der Waals surface area contributed by atoms with Crippen molar-refractivity contribution < 1.29 is 0 Å². The minimum atomic E-state index is 0.563. The van der Waals surface area contributed by atoms with Gasteiger partial charge in [-0.1, -0.05) is 0 Å². The topological polar surface area (TPSA) is 81.7 Å². The lowest BCUT2D eigenvalue weighted by Crippen LogP contribution is -2.10. The van der Waals surface area contributed by atoms with Crippen LogP contribution in [0.15, 0.2) is 18.3 Å². The van der Waals surface area contributed by atoms with Crippen molar-refractivity contribution >= 4 is 5.82 Å². The molecular weight excluding hydrogens is 216 g/mol. The molecule has 0 unspecified atom stereocenters. The van der Waals surface area contributed by atoms with Gasteiger partial charge in [-0.2, -0.15) is 5.10 Å². The Morgan fingerprint density at radius 2 is 2.24 bits per heavy atom. The van der Waals surface area contributed by atoms with E-state index in [1.807, 2.05) is 25.4 Å². The van der Waals surface area contributed by atoms with E-state index in [4.69, 9.17) is 5.84 Å². The summed E-state index contributed by atoms with van der Waals surface area (Å²) in [6.07, 6.45) is 4.27. The van der Waals surface area contributed by atoms with Crippen molar-refractivity contribution in [2.45, 2.75) is 18.8 Å². The summed E-state index contributed by atoms with van der Waals surface area (Å²) >= 11 is 0. The van der Waals surface area contributed by atoms with Crippen LogP contribution in [0.3, 0.4) is 0 Å². The number of anilines is 1. The largest absolute Gasteiger partial charge is 0.308 e. The molecule has 3 rings (SSSR count). The molecule has 3 N–H and O–H groups in total. The van der Waals surface area contributed by atoms with Gasteiger partial charge in [0.25, 0.3) is 0 Å². The molecule has 17 heavy (non-hydrogen) atoms. The van der Waals surface area contributed by atoms with Gasteiger partial charge in [0, 0.05) is 30.9 Å². The first-order chi connectivity index (χ1) is 8.26. The molecule has 0 atom stereocenters. The van der Waals surface area contributed by atoms with Crippen LogP contribution in [0.4, 0.5) is 5.82 Å². The van der Waals surface area contributed by atoms with Gasteiger partial charge < -0.3 is 5.43 Å². The zero-order valence-corrected chi connectivity index (χ0v) is 9.59. The van der Waals surface area contributed by atoms with Gasteiger partial charge in [-0.25, -0.2) is 15.8 Å². The summed E-state index contributed by atoms with van der Waals surface area (Å²) in [5.74, 6) is 7.26. The number of rotatable bonds is 3. The van der Waals surface area contributed by atoms with Crippen LogP contribution in [0.5, 0.6) is 0 Å². The van der Waals surface area contributed by atoms with Crippen LogP contribution in [-0.2, 0) is 7.05 Å². The van der Waals surface area contributed by atoms with Gasteiger partial charge in [-0.3, -0.25) is 4.68 Å². The van der Waals surface area contributed by atoms with Crippen molar-refractivity contribution in [1.82, 2.24) is 19.7 Å². The highest BCUT2D eigenvalue weighted by atomic mass is 15.3. The molecule has 0 aliphatic heterocycles. The number of nitrogen functional groups attached to an aromatic ring is 1. The fourth-order valence-electron chi connectivity index (χ4n) is 1.78. The molecule has 0 spiro atoms. The first-order valence-electron chi connectivity index (χ1n) is 5.62. The molecule has 88 valence electrons. The highest BCUT2D eigenvalue weighted by Crippen LogP contribution is 2.39. The Kier molecular flexibility index (Phi) is 2.29. The number of hydrogen-bond donors (Lipinski definition) is 2. The first kappa shape index (κ1) is 10.2. The van der Waals surface area contributed by atoms with E-state index in [9.17, 15) is 0 Å². The van der Waals surface area contributed by atoms with E-state index in [-0.39, 0.29) is 0 Å². The second-order valence-electron chi connectivity index (χ2n) is 4.29. The van der Waals surface area contributed by atoms with Crippen molar-refractivity contribution in [3.05, 3.63) is 24.0 Å². The Hall–Kier alpha value is -1.95. The fraction of sp³-hybridized carbons (Fsp3) is 0.364. The Labute approximate surface area is 98.8 Å². The lowest BCUT2D eigenvalue weighted by Gasteiger charge is -2.05. The minimum Gasteiger partial charge on any atom is -0.308 e. The highest BCUT2D eigenvalue weighted by molar-refractivity contribution is 5.52. The number of nitrogens with two attached hydrogens (primary N) is 1. The molecule has 0 aromatic carbocycles. The molecular formula is C11H14N6. The van der Waals surface area contributed by atoms with Crippen molar-refractivity contribution in [3.63, 3.8) is 0 Å². The van der Waals surface area contributed by atoms with Gasteiger partial charge in [-0.15, -0.1) is 0 Å². The summed E-state index contributed by atoms with van der Waals surface area (Å²) in [6, 6.07) is 3.80. The smallest absolute Gasteiger partial charge is 0.182 e. The molecule has 2 aromatic rings. The predicted molar refractivity (Wildman–Crippen MR) is 64.0 cm³/mol. The standard InChI is InChI=1S/C11H14N6/c1-17-5-4-8(16-17)11-13-9(7-2-3-7)6-10(14-11)15-12/h4-7H,2-3,12H2,1H3,(H,13,14,15). The third-order valence-corrected chi connectivity index (χ3v) is 2.83. The quantitative estimate of drug-likeness (QED) is 0.608. The number of nitrogens with zero attached hydrogens (tertiary/aromatic N) is 4. The Morgan fingerprint density at radius 1 is 1.41 bits per heavy atom.